The van der Waals surface area contributed by atoms with Crippen molar-refractivity contribution < 1.29 is 14.3 Å². The number of hydrogen-bond donors (Lipinski definition) is 1. The van der Waals surface area contributed by atoms with Crippen LogP contribution < -0.4 is 14.8 Å². The van der Waals surface area contributed by atoms with Crippen LogP contribution >= 0.6 is 0 Å². The van der Waals surface area contributed by atoms with Gasteiger partial charge in [0.1, 0.15) is 11.5 Å². The molecule has 1 aliphatic carbocycles. The first-order valence-corrected chi connectivity index (χ1v) is 12.5. The summed E-state index contributed by atoms with van der Waals surface area (Å²) in [6.45, 7) is 2.51. The summed E-state index contributed by atoms with van der Waals surface area (Å²) in [4.78, 5) is 13.3. The maximum atomic E-state index is 13.3. The lowest BCUT2D eigenvalue weighted by Gasteiger charge is -2.23. The van der Waals surface area contributed by atoms with Crippen molar-refractivity contribution >= 4 is 16.7 Å². The quantitative estimate of drug-likeness (QED) is 0.328. The third-order valence-electron chi connectivity index (χ3n) is 7.34. The van der Waals surface area contributed by atoms with Crippen LogP contribution in [0.5, 0.6) is 11.5 Å². The number of ether oxygens (including phenoxy) is 2. The zero-order valence-corrected chi connectivity index (χ0v) is 20.0. The van der Waals surface area contributed by atoms with E-state index in [1.807, 2.05) is 42.5 Å². The average molecular weight is 467 g/mol. The minimum atomic E-state index is 0.0979. The highest BCUT2D eigenvalue weighted by Crippen LogP contribution is 2.43. The molecule has 178 valence electrons. The summed E-state index contributed by atoms with van der Waals surface area (Å²) in [6.07, 6.45) is 4.88. The number of nitrogens with one attached hydrogen (secondary N) is 1. The molecule has 5 heteroatoms. The fraction of sp³-hybridized carbons (Fsp3) is 0.300. The molecule has 2 heterocycles. The Kier molecular flexibility index (Phi) is 5.78. The Morgan fingerprint density at radius 3 is 2.54 bits per heavy atom. The van der Waals surface area contributed by atoms with Gasteiger partial charge in [0.2, 0.25) is 0 Å². The third-order valence-corrected chi connectivity index (χ3v) is 7.34. The number of methoxy groups -OCH3 is 1. The van der Waals surface area contributed by atoms with Crippen LogP contribution in [0.2, 0.25) is 0 Å². The number of benzene rings is 3. The molecule has 3 aromatic carbocycles. The molecule has 35 heavy (non-hydrogen) atoms. The summed E-state index contributed by atoms with van der Waals surface area (Å²) in [7, 11) is 1.67. The first-order valence-electron chi connectivity index (χ1n) is 12.5. The molecule has 1 fully saturated rings. The molecule has 1 atom stereocenters. The number of carbonyl (C=O) groups excluding carboxylic acids is 1. The van der Waals surface area contributed by atoms with Crippen LogP contribution in [0, 0.1) is 0 Å². The first-order chi connectivity index (χ1) is 17.2. The normalized spacial score (nSPS) is 16.8. The highest BCUT2D eigenvalue weighted by atomic mass is 16.5. The van der Waals surface area contributed by atoms with Crippen molar-refractivity contribution in [2.75, 3.05) is 20.3 Å². The molecular formula is C30H30N2O3. The highest BCUT2D eigenvalue weighted by molar-refractivity contribution is 6.27. The number of nitrogens with zero attached hydrogens (tertiary/aromatic N) is 1. The van der Waals surface area contributed by atoms with Gasteiger partial charge in [-0.05, 0) is 55.6 Å². The van der Waals surface area contributed by atoms with Crippen molar-refractivity contribution in [2.24, 2.45) is 0 Å². The second kappa shape index (κ2) is 9.23. The molecule has 0 radical (unpaired) electrons. The van der Waals surface area contributed by atoms with Crippen LogP contribution in [0.4, 0.5) is 0 Å². The molecule has 1 unspecified atom stereocenters. The predicted octanol–water partition coefficient (Wildman–Crippen LogP) is 5.82. The smallest absolute Gasteiger partial charge is 0.196 e. The van der Waals surface area contributed by atoms with E-state index in [0.29, 0.717) is 12.6 Å². The van der Waals surface area contributed by atoms with E-state index >= 15 is 0 Å². The zero-order valence-electron chi connectivity index (χ0n) is 20.0. The summed E-state index contributed by atoms with van der Waals surface area (Å²) in [6, 6.07) is 22.8. The molecule has 4 aromatic rings. The fourth-order valence-electron chi connectivity index (χ4n) is 5.52. The van der Waals surface area contributed by atoms with Crippen LogP contribution in [-0.4, -0.2) is 36.7 Å². The van der Waals surface area contributed by atoms with E-state index in [9.17, 15) is 4.79 Å². The first kappa shape index (κ1) is 21.9. The van der Waals surface area contributed by atoms with Gasteiger partial charge >= 0.3 is 0 Å². The van der Waals surface area contributed by atoms with Crippen molar-refractivity contribution in [2.45, 2.75) is 38.3 Å². The molecular weight excluding hydrogens is 436 g/mol. The molecule has 1 aromatic heterocycles. The number of rotatable bonds is 7. The van der Waals surface area contributed by atoms with Crippen LogP contribution in [-0.2, 0) is 6.54 Å². The summed E-state index contributed by atoms with van der Waals surface area (Å²) in [5, 5.41) is 4.55. The Hall–Kier alpha value is -3.57. The van der Waals surface area contributed by atoms with Gasteiger partial charge in [-0.15, -0.1) is 0 Å². The molecule has 0 spiro atoms. The molecule has 0 amide bonds. The lowest BCUT2D eigenvalue weighted by atomic mass is 10.0. The maximum absolute atomic E-state index is 13.3. The summed E-state index contributed by atoms with van der Waals surface area (Å²) in [5.41, 5.74) is 5.73. The SMILES string of the molecule is COc1ccc2c3c(n(Cc4ccc(OCCC5CCCCN5)cc4)c2c1)-c1ccccc1C3=O. The number of hydrogen-bond acceptors (Lipinski definition) is 4. The van der Waals surface area contributed by atoms with Crippen LogP contribution in [0.3, 0.4) is 0 Å². The Morgan fingerprint density at radius 1 is 0.971 bits per heavy atom. The van der Waals surface area contributed by atoms with Gasteiger partial charge in [-0.2, -0.15) is 0 Å². The van der Waals surface area contributed by atoms with Crippen LogP contribution in [0.1, 0.15) is 47.2 Å². The predicted molar refractivity (Wildman–Crippen MR) is 139 cm³/mol. The minimum Gasteiger partial charge on any atom is -0.497 e. The second-order valence-corrected chi connectivity index (χ2v) is 9.50. The van der Waals surface area contributed by atoms with Crippen molar-refractivity contribution in [3.05, 3.63) is 83.4 Å². The maximum Gasteiger partial charge on any atom is 0.196 e. The lowest BCUT2D eigenvalue weighted by Crippen LogP contribution is -2.35. The van der Waals surface area contributed by atoms with E-state index in [4.69, 9.17) is 9.47 Å². The largest absolute Gasteiger partial charge is 0.497 e. The molecule has 6 rings (SSSR count). The van der Waals surface area contributed by atoms with Gasteiger partial charge in [0.25, 0.3) is 0 Å². The molecule has 1 N–H and O–H groups in total. The van der Waals surface area contributed by atoms with E-state index in [2.05, 4.69) is 34.1 Å². The van der Waals surface area contributed by atoms with E-state index in [0.717, 1.165) is 69.9 Å². The van der Waals surface area contributed by atoms with Gasteiger partial charge in [-0.1, -0.05) is 42.8 Å². The van der Waals surface area contributed by atoms with Crippen molar-refractivity contribution in [1.29, 1.82) is 0 Å². The summed E-state index contributed by atoms with van der Waals surface area (Å²) < 4.78 is 13.8. The Bertz CT molecular complexity index is 1380. The Morgan fingerprint density at radius 2 is 1.77 bits per heavy atom. The van der Waals surface area contributed by atoms with Crippen molar-refractivity contribution in [1.82, 2.24) is 9.88 Å². The Balaban J connectivity index is 1.28. The van der Waals surface area contributed by atoms with Gasteiger partial charge in [0.05, 0.1) is 30.5 Å². The zero-order chi connectivity index (χ0) is 23.8. The van der Waals surface area contributed by atoms with Gasteiger partial charge < -0.3 is 19.4 Å². The van der Waals surface area contributed by atoms with Crippen LogP contribution in [0.25, 0.3) is 22.2 Å². The van der Waals surface area contributed by atoms with Gasteiger partial charge in [0, 0.05) is 35.2 Å². The van der Waals surface area contributed by atoms with Gasteiger partial charge in [-0.3, -0.25) is 4.79 Å². The van der Waals surface area contributed by atoms with E-state index < -0.39 is 0 Å². The lowest BCUT2D eigenvalue weighted by molar-refractivity contribution is 0.104. The summed E-state index contributed by atoms with van der Waals surface area (Å²) in [5.74, 6) is 1.78. The van der Waals surface area contributed by atoms with Crippen molar-refractivity contribution in [3.8, 4) is 22.8 Å². The highest BCUT2D eigenvalue weighted by Gasteiger charge is 2.33. The van der Waals surface area contributed by atoms with Gasteiger partial charge in [0.15, 0.2) is 5.78 Å². The molecule has 5 nitrogen and oxygen atoms in total. The average Bonchev–Trinajstić information content (AvgIpc) is 3.38. The molecule has 2 aliphatic rings. The number of fused-ring (bicyclic) bond motifs is 5. The molecule has 1 aliphatic heterocycles. The van der Waals surface area contributed by atoms with E-state index in [1.54, 1.807) is 7.11 Å². The van der Waals surface area contributed by atoms with Crippen LogP contribution in [0.15, 0.2) is 66.7 Å². The monoisotopic (exact) mass is 466 g/mol. The van der Waals surface area contributed by atoms with E-state index in [-0.39, 0.29) is 5.78 Å². The van der Waals surface area contributed by atoms with E-state index in [1.165, 1.54) is 19.3 Å². The minimum absolute atomic E-state index is 0.0979. The molecule has 0 bridgehead atoms. The number of ketones is 1. The van der Waals surface area contributed by atoms with Gasteiger partial charge in [-0.25, -0.2) is 0 Å². The second-order valence-electron chi connectivity index (χ2n) is 9.50. The number of piperidine rings is 1. The number of aromatic nitrogens is 1. The topological polar surface area (TPSA) is 52.5 Å². The molecule has 1 saturated heterocycles. The fourth-order valence-corrected chi connectivity index (χ4v) is 5.52. The van der Waals surface area contributed by atoms with Crippen molar-refractivity contribution in [3.63, 3.8) is 0 Å². The Labute approximate surface area is 205 Å². The summed E-state index contributed by atoms with van der Waals surface area (Å²) >= 11 is 0. The molecule has 0 saturated carbocycles. The standard InChI is InChI=1S/C30H30N2O3/c1-34-23-13-14-26-27(18-23)32(29-24-7-2-3-8-25(24)30(33)28(26)29)19-20-9-11-22(12-10-20)35-17-15-21-6-4-5-16-31-21/h2-3,7-14,18,21,31H,4-6,15-17,19H2,1H3. The third kappa shape index (κ3) is 4.00. The number of carbonyl (C=O) groups is 1.